The third kappa shape index (κ3) is 5.44. The Morgan fingerprint density at radius 1 is 1.14 bits per heavy atom. The van der Waals surface area contributed by atoms with Gasteiger partial charge in [0.05, 0.1) is 11.1 Å². The van der Waals surface area contributed by atoms with Crippen LogP contribution in [0.4, 0.5) is 13.2 Å². The second kappa shape index (κ2) is 7.35. The second-order valence-electron chi connectivity index (χ2n) is 5.21. The molecule has 3 nitrogen and oxygen atoms in total. The Kier molecular flexibility index (Phi) is 6.05. The van der Waals surface area contributed by atoms with E-state index < -0.39 is 17.5 Å². The number of Topliss-reactive ketones (excluding diaryl/α,β-unsaturated/α-hetero) is 2. The van der Waals surface area contributed by atoms with Crippen LogP contribution in [0.15, 0.2) is 29.8 Å². The topological polar surface area (TPSA) is 37.4 Å². The zero-order valence-electron chi connectivity index (χ0n) is 12.7. The summed E-state index contributed by atoms with van der Waals surface area (Å²) in [7, 11) is 3.61. The van der Waals surface area contributed by atoms with Crippen molar-refractivity contribution in [2.45, 2.75) is 19.5 Å². The largest absolute Gasteiger partial charge is 0.416 e. The first kappa shape index (κ1) is 18.1. The van der Waals surface area contributed by atoms with Gasteiger partial charge >= 0.3 is 6.18 Å². The smallest absolute Gasteiger partial charge is 0.309 e. The molecule has 0 saturated heterocycles. The molecule has 0 fully saturated rings. The number of hydrogen-bond acceptors (Lipinski definition) is 3. The molecule has 0 bridgehead atoms. The Labute approximate surface area is 127 Å². The molecular weight excluding hydrogens is 295 g/mol. The number of hydrogen-bond donors (Lipinski definition) is 0. The Morgan fingerprint density at radius 3 is 2.09 bits per heavy atom. The summed E-state index contributed by atoms with van der Waals surface area (Å²) in [6.07, 6.45) is -2.90. The van der Waals surface area contributed by atoms with Gasteiger partial charge in [0.2, 0.25) is 0 Å². The predicted molar refractivity (Wildman–Crippen MR) is 78.3 cm³/mol. The van der Waals surface area contributed by atoms with E-state index in [4.69, 9.17) is 0 Å². The highest BCUT2D eigenvalue weighted by atomic mass is 19.4. The number of benzene rings is 1. The standard InChI is InChI=1S/C16H18F3NO2/c1-11(21)14(15(22)8-9-20(2)3)10-12-4-6-13(7-5-12)16(17,18)19/h4-7,10H,8-9H2,1-3H3. The first-order valence-corrected chi connectivity index (χ1v) is 6.69. The van der Waals surface area contributed by atoms with Gasteiger partial charge in [-0.25, -0.2) is 0 Å². The average molecular weight is 313 g/mol. The molecule has 0 aliphatic carbocycles. The summed E-state index contributed by atoms with van der Waals surface area (Å²) in [6, 6.07) is 4.33. The minimum atomic E-state index is -4.41. The summed E-state index contributed by atoms with van der Waals surface area (Å²) in [5.41, 5.74) is -0.383. The van der Waals surface area contributed by atoms with Crippen LogP contribution in [-0.4, -0.2) is 37.1 Å². The molecular formula is C16H18F3NO2. The van der Waals surface area contributed by atoms with Crippen molar-refractivity contribution in [3.8, 4) is 0 Å². The number of ketones is 2. The molecule has 1 aromatic rings. The lowest BCUT2D eigenvalue weighted by atomic mass is 10.0. The molecule has 1 aromatic carbocycles. The molecule has 0 aliphatic rings. The SMILES string of the molecule is CC(=O)C(=Cc1ccc(C(F)(F)F)cc1)C(=O)CCN(C)C. The molecule has 0 heterocycles. The summed E-state index contributed by atoms with van der Waals surface area (Å²) in [5, 5.41) is 0. The van der Waals surface area contributed by atoms with E-state index in [2.05, 4.69) is 0 Å². The van der Waals surface area contributed by atoms with E-state index in [1.165, 1.54) is 25.1 Å². The minimum absolute atomic E-state index is 0.00149. The van der Waals surface area contributed by atoms with Crippen molar-refractivity contribution < 1.29 is 22.8 Å². The van der Waals surface area contributed by atoms with Crippen LogP contribution in [0.3, 0.4) is 0 Å². The number of alkyl halides is 3. The fraction of sp³-hybridized carbons (Fsp3) is 0.375. The van der Waals surface area contributed by atoms with Crippen LogP contribution in [0.5, 0.6) is 0 Å². The summed E-state index contributed by atoms with van der Waals surface area (Å²) in [5.74, 6) is -0.718. The molecule has 1 rings (SSSR count). The van der Waals surface area contributed by atoms with Crippen molar-refractivity contribution in [1.82, 2.24) is 4.90 Å². The second-order valence-corrected chi connectivity index (χ2v) is 5.21. The van der Waals surface area contributed by atoms with E-state index in [1.807, 2.05) is 4.90 Å². The molecule has 0 radical (unpaired) electrons. The number of carbonyl (C=O) groups excluding carboxylic acids is 2. The molecule has 0 unspecified atom stereocenters. The van der Waals surface area contributed by atoms with Gasteiger partial charge in [-0.2, -0.15) is 13.2 Å². The molecule has 0 aromatic heterocycles. The van der Waals surface area contributed by atoms with Gasteiger partial charge < -0.3 is 4.90 Å². The lowest BCUT2D eigenvalue weighted by Gasteiger charge is -2.09. The normalized spacial score (nSPS) is 12.6. The maximum absolute atomic E-state index is 12.5. The lowest BCUT2D eigenvalue weighted by molar-refractivity contribution is -0.137. The van der Waals surface area contributed by atoms with Crippen LogP contribution in [0.25, 0.3) is 6.08 Å². The molecule has 120 valence electrons. The third-order valence-corrected chi connectivity index (χ3v) is 3.01. The first-order chi connectivity index (χ1) is 10.1. The van der Waals surface area contributed by atoms with Crippen LogP contribution >= 0.6 is 0 Å². The Hall–Kier alpha value is -1.95. The maximum atomic E-state index is 12.5. The molecule has 22 heavy (non-hydrogen) atoms. The Bertz CT molecular complexity index is 572. The van der Waals surface area contributed by atoms with Gasteiger partial charge in [0.25, 0.3) is 0 Å². The van der Waals surface area contributed by atoms with E-state index in [0.29, 0.717) is 12.1 Å². The van der Waals surface area contributed by atoms with E-state index in [-0.39, 0.29) is 17.8 Å². The number of allylic oxidation sites excluding steroid dienone is 1. The zero-order valence-corrected chi connectivity index (χ0v) is 12.7. The highest BCUT2D eigenvalue weighted by molar-refractivity contribution is 6.22. The van der Waals surface area contributed by atoms with E-state index >= 15 is 0 Å². The minimum Gasteiger partial charge on any atom is -0.309 e. The highest BCUT2D eigenvalue weighted by Gasteiger charge is 2.29. The molecule has 0 saturated carbocycles. The molecule has 0 atom stereocenters. The van der Waals surface area contributed by atoms with Gasteiger partial charge in [-0.1, -0.05) is 12.1 Å². The van der Waals surface area contributed by atoms with Gasteiger partial charge in [-0.05, 0) is 44.8 Å². The molecule has 0 N–H and O–H groups in total. The quantitative estimate of drug-likeness (QED) is 0.460. The molecule has 0 spiro atoms. The fourth-order valence-corrected chi connectivity index (χ4v) is 1.77. The average Bonchev–Trinajstić information content (AvgIpc) is 2.41. The maximum Gasteiger partial charge on any atom is 0.416 e. The van der Waals surface area contributed by atoms with E-state index in [1.54, 1.807) is 14.1 Å². The molecule has 0 amide bonds. The summed E-state index contributed by atoms with van der Waals surface area (Å²) >= 11 is 0. The van der Waals surface area contributed by atoms with Crippen LogP contribution in [-0.2, 0) is 15.8 Å². The third-order valence-electron chi connectivity index (χ3n) is 3.01. The number of halogens is 3. The van der Waals surface area contributed by atoms with Crippen molar-refractivity contribution >= 4 is 17.6 Å². The fourth-order valence-electron chi connectivity index (χ4n) is 1.77. The summed E-state index contributed by atoms with van der Waals surface area (Å²) in [4.78, 5) is 25.4. The Balaban J connectivity index is 2.99. The van der Waals surface area contributed by atoms with Gasteiger partial charge in [0.1, 0.15) is 0 Å². The highest BCUT2D eigenvalue weighted by Crippen LogP contribution is 2.29. The lowest BCUT2D eigenvalue weighted by Crippen LogP contribution is -2.19. The molecule has 6 heteroatoms. The monoisotopic (exact) mass is 313 g/mol. The first-order valence-electron chi connectivity index (χ1n) is 6.69. The van der Waals surface area contributed by atoms with Gasteiger partial charge in [-0.15, -0.1) is 0 Å². The van der Waals surface area contributed by atoms with Crippen molar-refractivity contribution in [3.63, 3.8) is 0 Å². The van der Waals surface area contributed by atoms with Crippen LogP contribution in [0, 0.1) is 0 Å². The van der Waals surface area contributed by atoms with Crippen LogP contribution in [0.2, 0.25) is 0 Å². The molecule has 0 aliphatic heterocycles. The van der Waals surface area contributed by atoms with E-state index in [0.717, 1.165) is 12.1 Å². The van der Waals surface area contributed by atoms with Gasteiger partial charge in [0.15, 0.2) is 11.6 Å². The van der Waals surface area contributed by atoms with Crippen molar-refractivity contribution in [3.05, 3.63) is 41.0 Å². The number of rotatable bonds is 6. The van der Waals surface area contributed by atoms with E-state index in [9.17, 15) is 22.8 Å². The van der Waals surface area contributed by atoms with Crippen LogP contribution < -0.4 is 0 Å². The summed E-state index contributed by atoms with van der Waals surface area (Å²) in [6.45, 7) is 1.76. The predicted octanol–water partition coefficient (Wildman–Crippen LogP) is 3.20. The van der Waals surface area contributed by atoms with Gasteiger partial charge in [0, 0.05) is 13.0 Å². The Morgan fingerprint density at radius 2 is 1.68 bits per heavy atom. The zero-order chi connectivity index (χ0) is 16.9. The van der Waals surface area contributed by atoms with Crippen molar-refractivity contribution in [1.29, 1.82) is 0 Å². The number of nitrogens with zero attached hydrogens (tertiary/aromatic N) is 1. The van der Waals surface area contributed by atoms with Crippen LogP contribution in [0.1, 0.15) is 24.5 Å². The number of carbonyl (C=O) groups is 2. The summed E-state index contributed by atoms with van der Waals surface area (Å²) < 4.78 is 37.5. The van der Waals surface area contributed by atoms with Crippen molar-refractivity contribution in [2.75, 3.05) is 20.6 Å². The van der Waals surface area contributed by atoms with Gasteiger partial charge in [-0.3, -0.25) is 9.59 Å². The van der Waals surface area contributed by atoms with Crippen molar-refractivity contribution in [2.24, 2.45) is 0 Å².